The number of fused-ring (bicyclic) bond motifs is 1. The van der Waals surface area contributed by atoms with Gasteiger partial charge >= 0.3 is 0 Å². The number of nitrogens with one attached hydrogen (secondary N) is 1. The van der Waals surface area contributed by atoms with E-state index in [1.165, 1.54) is 16.8 Å². The third-order valence-electron chi connectivity index (χ3n) is 4.63. The molecular formula is C22H14ClFN4O3S. The van der Waals surface area contributed by atoms with E-state index in [4.69, 9.17) is 18.2 Å². The average molecular weight is 469 g/mol. The molecule has 0 aliphatic carbocycles. The van der Waals surface area contributed by atoms with Crippen molar-refractivity contribution in [1.29, 1.82) is 0 Å². The van der Waals surface area contributed by atoms with E-state index in [-0.39, 0.29) is 11.3 Å². The first kappa shape index (κ1) is 21.5. The van der Waals surface area contributed by atoms with Crippen LogP contribution in [0.2, 0.25) is 5.02 Å². The Morgan fingerprint density at radius 1 is 1.12 bits per heavy atom. The smallest absolute Gasteiger partial charge is 0.264 e. The Labute approximate surface area is 187 Å². The van der Waals surface area contributed by atoms with E-state index >= 15 is 0 Å². The molecule has 0 saturated heterocycles. The second-order valence-corrected chi connectivity index (χ2v) is 9.13. The zero-order chi connectivity index (χ0) is 23.0. The summed E-state index contributed by atoms with van der Waals surface area (Å²) in [5, 5.41) is 5.71. The molecule has 10 heteroatoms. The van der Waals surface area contributed by atoms with Crippen LogP contribution in [0.15, 0.2) is 60.7 Å². The molecule has 1 amide bonds. The second-order valence-electron chi connectivity index (χ2n) is 6.95. The molecule has 160 valence electrons. The van der Waals surface area contributed by atoms with Crippen molar-refractivity contribution in [3.63, 3.8) is 0 Å². The third-order valence-corrected chi connectivity index (χ3v) is 5.42. The van der Waals surface area contributed by atoms with Crippen molar-refractivity contribution >= 4 is 44.1 Å². The number of amides is 1. The zero-order valence-corrected chi connectivity index (χ0v) is 18.1. The van der Waals surface area contributed by atoms with Gasteiger partial charge in [-0.1, -0.05) is 35.9 Å². The van der Waals surface area contributed by atoms with Crippen LogP contribution in [-0.4, -0.2) is 30.4 Å². The van der Waals surface area contributed by atoms with E-state index in [0.29, 0.717) is 32.9 Å². The van der Waals surface area contributed by atoms with Gasteiger partial charge in [-0.25, -0.2) is 27.1 Å². The van der Waals surface area contributed by atoms with Gasteiger partial charge in [0.05, 0.1) is 18.3 Å². The number of sulfonamides is 1. The van der Waals surface area contributed by atoms with Crippen molar-refractivity contribution < 1.29 is 17.6 Å². The quantitative estimate of drug-likeness (QED) is 0.439. The highest BCUT2D eigenvalue weighted by Crippen LogP contribution is 2.33. The number of carbonyl (C=O) groups excluding carboxylic acids is 1. The van der Waals surface area contributed by atoms with Crippen molar-refractivity contribution in [2.75, 3.05) is 6.26 Å². The molecule has 7 nitrogen and oxygen atoms in total. The first-order valence-corrected chi connectivity index (χ1v) is 11.4. The number of aromatic nitrogens is 2. The van der Waals surface area contributed by atoms with E-state index in [9.17, 15) is 17.6 Å². The summed E-state index contributed by atoms with van der Waals surface area (Å²) in [5.74, 6) is -1.70. The molecule has 32 heavy (non-hydrogen) atoms. The highest BCUT2D eigenvalue weighted by Gasteiger charge is 2.19. The summed E-state index contributed by atoms with van der Waals surface area (Å²) in [6.07, 6.45) is 0.836. The van der Waals surface area contributed by atoms with Crippen LogP contribution in [-0.2, 0) is 10.0 Å². The van der Waals surface area contributed by atoms with Crippen LogP contribution in [0.3, 0.4) is 0 Å². The lowest BCUT2D eigenvalue weighted by atomic mass is 10.1. The van der Waals surface area contributed by atoms with Gasteiger partial charge in [0.25, 0.3) is 5.91 Å². The second kappa shape index (κ2) is 8.07. The molecule has 0 fully saturated rings. The molecule has 0 bridgehead atoms. The fourth-order valence-corrected chi connectivity index (χ4v) is 3.86. The standard InChI is InChI=1S/C22H14ClFN4O3S/c1-25-16-7-3-13(4-8-16)21-17-12-15(23)6-10-19(17)28(26-21)20-9-5-14(11-18(20)24)22(29)27-32(2,30)31/h3-12H,2H3,(H,27,29). The van der Waals surface area contributed by atoms with Gasteiger partial charge in [0, 0.05) is 21.5 Å². The monoisotopic (exact) mass is 468 g/mol. The Balaban J connectivity index is 1.85. The molecule has 0 atom stereocenters. The largest absolute Gasteiger partial charge is 0.268 e. The van der Waals surface area contributed by atoms with E-state index < -0.39 is 21.7 Å². The number of hydrogen-bond acceptors (Lipinski definition) is 4. The van der Waals surface area contributed by atoms with Crippen LogP contribution in [0.4, 0.5) is 10.1 Å². The topological polar surface area (TPSA) is 85.4 Å². The number of carbonyl (C=O) groups is 1. The highest BCUT2D eigenvalue weighted by atomic mass is 35.5. The van der Waals surface area contributed by atoms with Crippen molar-refractivity contribution in [2.24, 2.45) is 0 Å². The normalized spacial score (nSPS) is 11.3. The van der Waals surface area contributed by atoms with Crippen LogP contribution in [0.5, 0.6) is 0 Å². The van der Waals surface area contributed by atoms with Crippen LogP contribution in [0.1, 0.15) is 10.4 Å². The van der Waals surface area contributed by atoms with Gasteiger partial charge in [0.2, 0.25) is 10.0 Å². The van der Waals surface area contributed by atoms with Gasteiger partial charge in [0.15, 0.2) is 5.69 Å². The van der Waals surface area contributed by atoms with Gasteiger partial charge in [-0.2, -0.15) is 5.10 Å². The Hall–Kier alpha value is -3.74. The lowest BCUT2D eigenvalue weighted by Gasteiger charge is -2.08. The Kier molecular flexibility index (Phi) is 5.42. The van der Waals surface area contributed by atoms with Crippen LogP contribution in [0.25, 0.3) is 32.7 Å². The number of rotatable bonds is 4. The van der Waals surface area contributed by atoms with Crippen molar-refractivity contribution in [1.82, 2.24) is 14.5 Å². The van der Waals surface area contributed by atoms with E-state index in [0.717, 1.165) is 12.3 Å². The lowest BCUT2D eigenvalue weighted by Crippen LogP contribution is -2.29. The highest BCUT2D eigenvalue weighted by molar-refractivity contribution is 7.89. The SMILES string of the molecule is [C-]#[N+]c1ccc(-c2nn(-c3ccc(C(=O)NS(C)(=O)=O)cc3F)c3ccc(Cl)cc23)cc1. The van der Waals surface area contributed by atoms with E-state index in [2.05, 4.69) is 9.94 Å². The first-order chi connectivity index (χ1) is 15.2. The minimum Gasteiger partial charge on any atom is -0.268 e. The number of hydrogen-bond donors (Lipinski definition) is 1. The average Bonchev–Trinajstić information content (AvgIpc) is 3.11. The third kappa shape index (κ3) is 4.19. The molecule has 0 aliphatic heterocycles. The van der Waals surface area contributed by atoms with E-state index in [1.807, 2.05) is 0 Å². The predicted octanol–water partition coefficient (Wildman–Crippen LogP) is 4.73. The predicted molar refractivity (Wildman–Crippen MR) is 120 cm³/mol. The molecule has 0 spiro atoms. The molecule has 0 saturated carbocycles. The molecule has 3 aromatic carbocycles. The number of benzene rings is 3. The Morgan fingerprint density at radius 2 is 1.84 bits per heavy atom. The summed E-state index contributed by atoms with van der Waals surface area (Å²) in [6, 6.07) is 15.5. The molecule has 1 heterocycles. The minimum absolute atomic E-state index is 0.0669. The zero-order valence-electron chi connectivity index (χ0n) is 16.5. The maximum atomic E-state index is 15.0. The van der Waals surface area contributed by atoms with Crippen LogP contribution >= 0.6 is 11.6 Å². The summed E-state index contributed by atoms with van der Waals surface area (Å²) in [7, 11) is -3.78. The molecule has 1 aromatic heterocycles. The van der Waals surface area contributed by atoms with Gasteiger partial charge in [-0.15, -0.1) is 0 Å². The van der Waals surface area contributed by atoms with Gasteiger partial charge < -0.3 is 0 Å². The maximum Gasteiger partial charge on any atom is 0.264 e. The molecule has 0 unspecified atom stereocenters. The summed E-state index contributed by atoms with van der Waals surface area (Å²) in [5.41, 5.74) is 2.23. The van der Waals surface area contributed by atoms with E-state index in [1.54, 1.807) is 47.2 Å². The summed E-state index contributed by atoms with van der Waals surface area (Å²) < 4.78 is 40.7. The Bertz CT molecular complexity index is 1520. The number of halogens is 2. The van der Waals surface area contributed by atoms with Gasteiger partial charge in [-0.05, 0) is 36.4 Å². The van der Waals surface area contributed by atoms with Gasteiger partial charge in [-0.3, -0.25) is 4.79 Å². The summed E-state index contributed by atoms with van der Waals surface area (Å²) in [6.45, 7) is 7.10. The minimum atomic E-state index is -3.78. The molecule has 1 N–H and O–H groups in total. The van der Waals surface area contributed by atoms with Crippen LogP contribution in [0, 0.1) is 12.4 Å². The molecular weight excluding hydrogens is 455 g/mol. The summed E-state index contributed by atoms with van der Waals surface area (Å²) >= 11 is 6.18. The lowest BCUT2D eigenvalue weighted by molar-refractivity contribution is 0.0981. The van der Waals surface area contributed by atoms with Crippen molar-refractivity contribution in [3.05, 3.63) is 88.5 Å². The van der Waals surface area contributed by atoms with Crippen molar-refractivity contribution in [2.45, 2.75) is 0 Å². The van der Waals surface area contributed by atoms with Crippen molar-refractivity contribution in [3.8, 4) is 16.9 Å². The fraction of sp³-hybridized carbons (Fsp3) is 0.0455. The fourth-order valence-electron chi connectivity index (χ4n) is 3.23. The first-order valence-electron chi connectivity index (χ1n) is 9.14. The summed E-state index contributed by atoms with van der Waals surface area (Å²) in [4.78, 5) is 15.4. The molecule has 0 radical (unpaired) electrons. The molecule has 4 rings (SSSR count). The number of nitrogens with zero attached hydrogens (tertiary/aromatic N) is 3. The molecule has 4 aromatic rings. The Morgan fingerprint density at radius 3 is 2.47 bits per heavy atom. The van der Waals surface area contributed by atoms with Gasteiger partial charge in [0.1, 0.15) is 17.2 Å². The van der Waals surface area contributed by atoms with Crippen LogP contribution < -0.4 is 4.72 Å². The maximum absolute atomic E-state index is 15.0. The molecule has 0 aliphatic rings.